The van der Waals surface area contributed by atoms with Crippen LogP contribution in [0.15, 0.2) is 40.9 Å². The number of aliphatic hydroxyl groups is 1. The third kappa shape index (κ3) is 4.61. The SMILES string of the molecule is O=C(NC(Cc1ccc(Br)c(F)c1)c1nc2ccc(F)cc2[nH]1)NC12CCC(O)(CC1)CC2. The van der Waals surface area contributed by atoms with Crippen LogP contribution in [0, 0.1) is 11.6 Å². The molecule has 0 aliphatic heterocycles. The van der Waals surface area contributed by atoms with E-state index in [1.807, 2.05) is 0 Å². The monoisotopic (exact) mass is 518 g/mol. The van der Waals surface area contributed by atoms with E-state index in [1.165, 1.54) is 18.2 Å². The first-order valence-corrected chi connectivity index (χ1v) is 11.9. The Morgan fingerprint density at radius 2 is 1.85 bits per heavy atom. The number of hydrogen-bond donors (Lipinski definition) is 4. The van der Waals surface area contributed by atoms with E-state index in [2.05, 4.69) is 36.5 Å². The van der Waals surface area contributed by atoms with Crippen molar-refractivity contribution in [1.29, 1.82) is 0 Å². The van der Waals surface area contributed by atoms with Crippen LogP contribution in [-0.2, 0) is 6.42 Å². The number of aromatic nitrogens is 2. The number of benzene rings is 2. The smallest absolute Gasteiger partial charge is 0.315 e. The maximum absolute atomic E-state index is 14.1. The second-order valence-corrected chi connectivity index (χ2v) is 10.2. The molecule has 9 heteroatoms. The van der Waals surface area contributed by atoms with Gasteiger partial charge < -0.3 is 20.7 Å². The van der Waals surface area contributed by atoms with Gasteiger partial charge in [0.25, 0.3) is 0 Å². The number of hydrogen-bond acceptors (Lipinski definition) is 3. The van der Waals surface area contributed by atoms with Crippen molar-refractivity contribution in [3.63, 3.8) is 0 Å². The van der Waals surface area contributed by atoms with E-state index in [1.54, 1.807) is 18.2 Å². The van der Waals surface area contributed by atoms with Crippen LogP contribution in [0.4, 0.5) is 13.6 Å². The highest BCUT2D eigenvalue weighted by molar-refractivity contribution is 9.10. The van der Waals surface area contributed by atoms with Crippen molar-refractivity contribution in [2.24, 2.45) is 0 Å². The molecule has 33 heavy (non-hydrogen) atoms. The number of nitrogens with zero attached hydrogens (tertiary/aromatic N) is 1. The molecule has 174 valence electrons. The van der Waals surface area contributed by atoms with Crippen LogP contribution in [0.5, 0.6) is 0 Å². The maximum Gasteiger partial charge on any atom is 0.315 e. The lowest BCUT2D eigenvalue weighted by Gasteiger charge is -2.51. The molecule has 0 spiro atoms. The minimum absolute atomic E-state index is 0.298. The van der Waals surface area contributed by atoms with Gasteiger partial charge in [0.15, 0.2) is 0 Å². The van der Waals surface area contributed by atoms with Crippen LogP contribution in [0.3, 0.4) is 0 Å². The summed E-state index contributed by atoms with van der Waals surface area (Å²) in [5, 5.41) is 16.6. The van der Waals surface area contributed by atoms with E-state index in [9.17, 15) is 18.7 Å². The van der Waals surface area contributed by atoms with E-state index < -0.39 is 17.5 Å². The van der Waals surface area contributed by atoms with Crippen molar-refractivity contribution in [2.75, 3.05) is 0 Å². The molecule has 6 rings (SSSR count). The van der Waals surface area contributed by atoms with Crippen molar-refractivity contribution in [3.8, 4) is 0 Å². The molecule has 0 saturated heterocycles. The first-order valence-electron chi connectivity index (χ1n) is 11.1. The van der Waals surface area contributed by atoms with Crippen LogP contribution in [-0.4, -0.2) is 32.2 Å². The molecule has 1 unspecified atom stereocenters. The minimum Gasteiger partial charge on any atom is -0.390 e. The lowest BCUT2D eigenvalue weighted by Crippen LogP contribution is -2.60. The number of fused-ring (bicyclic) bond motifs is 4. The van der Waals surface area contributed by atoms with E-state index in [0.717, 1.165) is 19.3 Å². The summed E-state index contributed by atoms with van der Waals surface area (Å²) in [4.78, 5) is 20.7. The predicted molar refractivity (Wildman–Crippen MR) is 124 cm³/mol. The summed E-state index contributed by atoms with van der Waals surface area (Å²) in [5.74, 6) is -0.310. The highest BCUT2D eigenvalue weighted by Crippen LogP contribution is 2.46. The quantitative estimate of drug-likeness (QED) is 0.382. The Labute approximate surface area is 198 Å². The minimum atomic E-state index is -0.586. The number of urea groups is 1. The Balaban J connectivity index is 1.39. The van der Waals surface area contributed by atoms with Crippen LogP contribution >= 0.6 is 15.9 Å². The van der Waals surface area contributed by atoms with E-state index in [4.69, 9.17) is 0 Å². The van der Waals surface area contributed by atoms with Gasteiger partial charge >= 0.3 is 6.03 Å². The van der Waals surface area contributed by atoms with Gasteiger partial charge in [-0.2, -0.15) is 0 Å². The molecule has 1 heterocycles. The highest BCUT2D eigenvalue weighted by atomic mass is 79.9. The summed E-state index contributed by atoms with van der Waals surface area (Å²) in [5.41, 5.74) is 0.887. The molecule has 2 bridgehead atoms. The lowest BCUT2D eigenvalue weighted by atomic mass is 9.63. The Morgan fingerprint density at radius 3 is 2.55 bits per heavy atom. The van der Waals surface area contributed by atoms with Crippen molar-refractivity contribution in [1.82, 2.24) is 20.6 Å². The van der Waals surface area contributed by atoms with Crippen molar-refractivity contribution < 1.29 is 18.7 Å². The summed E-state index contributed by atoms with van der Waals surface area (Å²) < 4.78 is 28.1. The summed E-state index contributed by atoms with van der Waals surface area (Å²) in [6.07, 6.45) is 4.57. The van der Waals surface area contributed by atoms with E-state index in [0.29, 0.717) is 52.6 Å². The fraction of sp³-hybridized carbons (Fsp3) is 0.417. The third-order valence-corrected chi connectivity index (χ3v) is 7.75. The zero-order valence-electron chi connectivity index (χ0n) is 17.9. The molecule has 3 saturated carbocycles. The van der Waals surface area contributed by atoms with Crippen molar-refractivity contribution in [3.05, 3.63) is 63.9 Å². The fourth-order valence-electron chi connectivity index (χ4n) is 5.07. The lowest BCUT2D eigenvalue weighted by molar-refractivity contribution is -0.0694. The molecule has 3 fully saturated rings. The molecule has 2 aromatic carbocycles. The Morgan fingerprint density at radius 1 is 1.12 bits per heavy atom. The van der Waals surface area contributed by atoms with Crippen LogP contribution < -0.4 is 10.6 Å². The molecule has 1 atom stereocenters. The van der Waals surface area contributed by atoms with Gasteiger partial charge in [0.2, 0.25) is 0 Å². The first kappa shape index (κ1) is 22.3. The van der Waals surface area contributed by atoms with Crippen molar-refractivity contribution in [2.45, 2.75) is 62.1 Å². The number of halogens is 3. The molecular formula is C24H25BrF2N4O2. The summed E-state index contributed by atoms with van der Waals surface area (Å²) in [6, 6.07) is 8.17. The Bertz CT molecular complexity index is 1190. The number of imidazole rings is 1. The largest absolute Gasteiger partial charge is 0.390 e. The Kier molecular flexibility index (Phi) is 5.64. The normalized spacial score (nSPS) is 25.2. The molecule has 3 aliphatic carbocycles. The number of nitrogens with one attached hydrogen (secondary N) is 3. The molecule has 3 aliphatic rings. The van der Waals surface area contributed by atoms with E-state index in [-0.39, 0.29) is 17.4 Å². The molecular weight excluding hydrogens is 494 g/mol. The number of H-pyrrole nitrogens is 1. The molecule has 2 amide bonds. The van der Waals surface area contributed by atoms with Gasteiger partial charge in [-0.15, -0.1) is 0 Å². The second kappa shape index (κ2) is 8.36. The van der Waals surface area contributed by atoms with Gasteiger partial charge in [0.05, 0.1) is 27.1 Å². The number of amides is 2. The molecule has 6 nitrogen and oxygen atoms in total. The number of carbonyl (C=O) groups excluding carboxylic acids is 1. The molecule has 1 aromatic heterocycles. The zero-order valence-corrected chi connectivity index (χ0v) is 19.5. The third-order valence-electron chi connectivity index (χ3n) is 7.11. The summed E-state index contributed by atoms with van der Waals surface area (Å²) in [7, 11) is 0. The number of aromatic amines is 1. The van der Waals surface area contributed by atoms with Gasteiger partial charge in [-0.3, -0.25) is 0 Å². The van der Waals surface area contributed by atoms with Crippen LogP contribution in [0.1, 0.15) is 56.0 Å². The maximum atomic E-state index is 14.1. The van der Waals surface area contributed by atoms with Crippen LogP contribution in [0.25, 0.3) is 11.0 Å². The number of rotatable bonds is 5. The van der Waals surface area contributed by atoms with Gasteiger partial charge in [-0.05, 0) is 90.4 Å². The molecule has 4 N–H and O–H groups in total. The van der Waals surface area contributed by atoms with E-state index >= 15 is 0 Å². The van der Waals surface area contributed by atoms with Crippen LogP contribution in [0.2, 0.25) is 0 Å². The van der Waals surface area contributed by atoms with Gasteiger partial charge in [0.1, 0.15) is 17.5 Å². The predicted octanol–water partition coefficient (Wildman–Crippen LogP) is 5.02. The van der Waals surface area contributed by atoms with Gasteiger partial charge in [0, 0.05) is 12.0 Å². The number of carbonyl (C=O) groups is 1. The standard InChI is InChI=1S/C24H25BrF2N4O2/c25-16-3-1-14(11-17(16)27)12-20(21-28-18-4-2-15(26)13-19(18)29-21)30-22(32)31-23-5-8-24(33,9-6-23)10-7-23/h1-4,11,13,20,33H,5-10,12H2,(H,28,29)(H2,30,31,32). The average molecular weight is 519 g/mol. The first-order chi connectivity index (χ1) is 15.7. The Hall–Kier alpha value is -2.52. The molecule has 3 aromatic rings. The summed E-state index contributed by atoms with van der Waals surface area (Å²) in [6.45, 7) is 0. The second-order valence-electron chi connectivity index (χ2n) is 9.39. The highest BCUT2D eigenvalue weighted by Gasteiger charge is 2.48. The summed E-state index contributed by atoms with van der Waals surface area (Å²) >= 11 is 3.16. The van der Waals surface area contributed by atoms with Gasteiger partial charge in [-0.25, -0.2) is 18.6 Å². The topological polar surface area (TPSA) is 90.0 Å². The fourth-order valence-corrected chi connectivity index (χ4v) is 5.32. The average Bonchev–Trinajstić information content (AvgIpc) is 3.20. The van der Waals surface area contributed by atoms with Gasteiger partial charge in [-0.1, -0.05) is 6.07 Å². The zero-order chi connectivity index (χ0) is 23.2. The van der Waals surface area contributed by atoms with Crippen molar-refractivity contribution >= 4 is 33.0 Å². The molecule has 0 radical (unpaired) electrons.